The first-order valence-corrected chi connectivity index (χ1v) is 9.29. The molecule has 136 valence electrons. The standard InChI is InChI=1S/C19H27N3O3/c1-2-25-19(24)22-12-10-21(11-13-22)14-18(23)20-17-9-5-7-15-6-3-4-8-16(15)17/h3-4,6,8,17H,2,5,7,9-14H2,1H3,(H,20,23)/p+1/t17-/m0/s1. The summed E-state index contributed by atoms with van der Waals surface area (Å²) in [6, 6.07) is 8.54. The predicted octanol–water partition coefficient (Wildman–Crippen LogP) is 0.537. The Morgan fingerprint density at radius 3 is 2.80 bits per heavy atom. The van der Waals surface area contributed by atoms with Crippen LogP contribution in [0.5, 0.6) is 0 Å². The summed E-state index contributed by atoms with van der Waals surface area (Å²) >= 11 is 0. The fourth-order valence-corrected chi connectivity index (χ4v) is 3.77. The Morgan fingerprint density at radius 2 is 2.04 bits per heavy atom. The summed E-state index contributed by atoms with van der Waals surface area (Å²) in [5, 5.41) is 3.21. The van der Waals surface area contributed by atoms with Gasteiger partial charge in [-0.2, -0.15) is 0 Å². The number of nitrogens with one attached hydrogen (secondary N) is 2. The van der Waals surface area contributed by atoms with Crippen molar-refractivity contribution in [1.82, 2.24) is 10.2 Å². The monoisotopic (exact) mass is 346 g/mol. The Hall–Kier alpha value is -2.08. The zero-order chi connectivity index (χ0) is 17.6. The summed E-state index contributed by atoms with van der Waals surface area (Å²) in [7, 11) is 0. The van der Waals surface area contributed by atoms with Gasteiger partial charge in [0.1, 0.15) is 0 Å². The van der Waals surface area contributed by atoms with Crippen LogP contribution >= 0.6 is 0 Å². The molecule has 1 fully saturated rings. The molecule has 0 spiro atoms. The van der Waals surface area contributed by atoms with Crippen molar-refractivity contribution in [2.45, 2.75) is 32.2 Å². The van der Waals surface area contributed by atoms with Crippen molar-refractivity contribution in [3.8, 4) is 0 Å². The normalized spacial score (nSPS) is 20.7. The van der Waals surface area contributed by atoms with E-state index in [1.807, 2.05) is 13.0 Å². The fraction of sp³-hybridized carbons (Fsp3) is 0.579. The van der Waals surface area contributed by atoms with E-state index in [0.717, 1.165) is 32.4 Å². The van der Waals surface area contributed by atoms with Gasteiger partial charge < -0.3 is 15.0 Å². The van der Waals surface area contributed by atoms with Crippen molar-refractivity contribution in [2.75, 3.05) is 39.3 Å². The molecule has 0 radical (unpaired) electrons. The van der Waals surface area contributed by atoms with Crippen molar-refractivity contribution in [3.05, 3.63) is 35.4 Å². The highest BCUT2D eigenvalue weighted by atomic mass is 16.6. The average molecular weight is 346 g/mol. The van der Waals surface area contributed by atoms with E-state index >= 15 is 0 Å². The molecular weight excluding hydrogens is 318 g/mol. The lowest BCUT2D eigenvalue weighted by atomic mass is 9.88. The number of ether oxygens (including phenoxy) is 1. The van der Waals surface area contributed by atoms with Crippen LogP contribution in [-0.2, 0) is 16.0 Å². The van der Waals surface area contributed by atoms with Gasteiger partial charge in [-0.05, 0) is 37.3 Å². The Bertz CT molecular complexity index is 612. The number of fused-ring (bicyclic) bond motifs is 1. The predicted molar refractivity (Wildman–Crippen MR) is 94.4 cm³/mol. The summed E-state index contributed by atoms with van der Waals surface area (Å²) in [5.41, 5.74) is 2.62. The van der Waals surface area contributed by atoms with Gasteiger partial charge >= 0.3 is 6.09 Å². The lowest BCUT2D eigenvalue weighted by Crippen LogP contribution is -3.15. The number of amides is 2. The first-order chi connectivity index (χ1) is 12.2. The van der Waals surface area contributed by atoms with Crippen LogP contribution in [0.25, 0.3) is 0 Å². The number of piperazine rings is 1. The molecule has 6 nitrogen and oxygen atoms in total. The molecule has 6 heteroatoms. The van der Waals surface area contributed by atoms with Crippen LogP contribution in [-0.4, -0.2) is 56.2 Å². The smallest absolute Gasteiger partial charge is 0.410 e. The van der Waals surface area contributed by atoms with Crippen molar-refractivity contribution in [2.24, 2.45) is 0 Å². The molecule has 1 heterocycles. The number of rotatable bonds is 4. The third-order valence-electron chi connectivity index (χ3n) is 5.11. The van der Waals surface area contributed by atoms with Crippen molar-refractivity contribution < 1.29 is 19.2 Å². The zero-order valence-electron chi connectivity index (χ0n) is 14.9. The fourth-order valence-electron chi connectivity index (χ4n) is 3.77. The maximum atomic E-state index is 12.5. The summed E-state index contributed by atoms with van der Waals surface area (Å²) in [6.45, 7) is 5.54. The van der Waals surface area contributed by atoms with Crippen LogP contribution in [0.15, 0.2) is 24.3 Å². The molecule has 0 saturated carbocycles. The lowest BCUT2D eigenvalue weighted by molar-refractivity contribution is -0.896. The number of benzene rings is 1. The molecule has 2 N–H and O–H groups in total. The van der Waals surface area contributed by atoms with E-state index in [4.69, 9.17) is 4.74 Å². The molecule has 25 heavy (non-hydrogen) atoms. The van der Waals surface area contributed by atoms with Gasteiger partial charge in [-0.25, -0.2) is 4.79 Å². The van der Waals surface area contributed by atoms with E-state index in [-0.39, 0.29) is 18.0 Å². The number of quaternary nitrogens is 1. The third-order valence-corrected chi connectivity index (χ3v) is 5.11. The zero-order valence-corrected chi connectivity index (χ0v) is 14.9. The van der Waals surface area contributed by atoms with Gasteiger partial charge in [-0.15, -0.1) is 0 Å². The molecule has 2 aliphatic rings. The van der Waals surface area contributed by atoms with Crippen LogP contribution in [0.2, 0.25) is 0 Å². The summed E-state index contributed by atoms with van der Waals surface area (Å²) in [5.74, 6) is 0.0984. The molecular formula is C19H28N3O3+. The Kier molecular flexibility index (Phi) is 5.91. The van der Waals surface area contributed by atoms with Gasteiger partial charge in [0, 0.05) is 0 Å². The molecule has 0 bridgehead atoms. The quantitative estimate of drug-likeness (QED) is 0.836. The molecule has 3 rings (SSSR count). The largest absolute Gasteiger partial charge is 0.450 e. The van der Waals surface area contributed by atoms with E-state index in [9.17, 15) is 9.59 Å². The Labute approximate surface area is 149 Å². The second-order valence-electron chi connectivity index (χ2n) is 6.82. The highest BCUT2D eigenvalue weighted by molar-refractivity contribution is 5.77. The van der Waals surface area contributed by atoms with Crippen LogP contribution < -0.4 is 10.2 Å². The van der Waals surface area contributed by atoms with Gasteiger partial charge in [-0.1, -0.05) is 24.3 Å². The Balaban J connectivity index is 1.47. The van der Waals surface area contributed by atoms with E-state index < -0.39 is 0 Å². The van der Waals surface area contributed by atoms with Crippen LogP contribution in [0.1, 0.15) is 36.9 Å². The van der Waals surface area contributed by atoms with Gasteiger partial charge in [0.25, 0.3) is 5.91 Å². The van der Waals surface area contributed by atoms with Crippen LogP contribution in [0, 0.1) is 0 Å². The number of hydrogen-bond acceptors (Lipinski definition) is 3. The summed E-state index contributed by atoms with van der Waals surface area (Å²) in [6.07, 6.45) is 2.98. The number of nitrogens with zero attached hydrogens (tertiary/aromatic N) is 1. The summed E-state index contributed by atoms with van der Waals surface area (Å²) in [4.78, 5) is 27.1. The number of hydrogen-bond donors (Lipinski definition) is 2. The van der Waals surface area contributed by atoms with Crippen LogP contribution in [0.4, 0.5) is 4.79 Å². The molecule has 0 unspecified atom stereocenters. The van der Waals surface area contributed by atoms with Crippen molar-refractivity contribution >= 4 is 12.0 Å². The van der Waals surface area contributed by atoms with Gasteiger partial charge in [0.2, 0.25) is 0 Å². The number of aryl methyl sites for hydroxylation is 1. The molecule has 1 aliphatic carbocycles. The molecule has 1 aromatic carbocycles. The SMILES string of the molecule is CCOC(=O)N1CC[NH+](CC(=O)N[C@H]2CCCc3ccccc32)CC1. The third kappa shape index (κ3) is 4.51. The topological polar surface area (TPSA) is 63.1 Å². The first kappa shape index (κ1) is 17.7. The van der Waals surface area contributed by atoms with Crippen molar-refractivity contribution in [3.63, 3.8) is 0 Å². The van der Waals surface area contributed by atoms with Gasteiger partial charge in [0.05, 0.1) is 38.8 Å². The molecule has 0 aromatic heterocycles. The maximum absolute atomic E-state index is 12.5. The molecule has 2 amide bonds. The number of carbonyl (C=O) groups excluding carboxylic acids is 2. The van der Waals surface area contributed by atoms with Gasteiger partial charge in [0.15, 0.2) is 6.54 Å². The molecule has 1 aliphatic heterocycles. The molecule has 1 aromatic rings. The van der Waals surface area contributed by atoms with E-state index in [2.05, 4.69) is 23.5 Å². The van der Waals surface area contributed by atoms with E-state index in [1.165, 1.54) is 16.0 Å². The van der Waals surface area contributed by atoms with E-state index in [0.29, 0.717) is 26.2 Å². The lowest BCUT2D eigenvalue weighted by Gasteiger charge is -2.32. The number of carbonyl (C=O) groups is 2. The molecule has 1 saturated heterocycles. The second-order valence-corrected chi connectivity index (χ2v) is 6.82. The Morgan fingerprint density at radius 1 is 1.28 bits per heavy atom. The second kappa shape index (κ2) is 8.34. The van der Waals surface area contributed by atoms with Crippen LogP contribution in [0.3, 0.4) is 0 Å². The minimum absolute atomic E-state index is 0.0984. The maximum Gasteiger partial charge on any atom is 0.410 e. The molecule has 1 atom stereocenters. The highest BCUT2D eigenvalue weighted by Crippen LogP contribution is 2.29. The van der Waals surface area contributed by atoms with Crippen molar-refractivity contribution in [1.29, 1.82) is 0 Å². The minimum atomic E-state index is -0.246. The average Bonchev–Trinajstić information content (AvgIpc) is 2.63. The first-order valence-electron chi connectivity index (χ1n) is 9.29. The van der Waals surface area contributed by atoms with E-state index in [1.54, 1.807) is 4.90 Å². The summed E-state index contributed by atoms with van der Waals surface area (Å²) < 4.78 is 5.03. The van der Waals surface area contributed by atoms with Gasteiger partial charge in [-0.3, -0.25) is 9.69 Å². The highest BCUT2D eigenvalue weighted by Gasteiger charge is 2.27. The minimum Gasteiger partial charge on any atom is -0.450 e.